The molecule has 4 rings (SSSR count). The summed E-state index contributed by atoms with van der Waals surface area (Å²) < 4.78 is 42.6. The fraction of sp³-hybridized carbons (Fsp3) is 0.421. The first-order valence-electron chi connectivity index (χ1n) is 9.51. The average molecular weight is 544 g/mol. The van der Waals surface area contributed by atoms with Crippen molar-refractivity contribution in [1.29, 1.82) is 0 Å². The summed E-state index contributed by atoms with van der Waals surface area (Å²) >= 11 is 2.27. The zero-order valence-electron chi connectivity index (χ0n) is 16.6. The van der Waals surface area contributed by atoms with Crippen molar-refractivity contribution in [3.05, 3.63) is 44.0 Å². The third kappa shape index (κ3) is 4.28. The minimum Gasteiger partial charge on any atom is -0.382 e. The van der Waals surface area contributed by atoms with Crippen molar-refractivity contribution in [3.8, 4) is 0 Å². The highest BCUT2D eigenvalue weighted by Gasteiger charge is 2.24. The van der Waals surface area contributed by atoms with Crippen molar-refractivity contribution in [3.63, 3.8) is 0 Å². The van der Waals surface area contributed by atoms with Crippen LogP contribution in [0.1, 0.15) is 40.9 Å². The number of nitrogen functional groups attached to an aromatic ring is 1. The molecule has 1 aliphatic carbocycles. The summed E-state index contributed by atoms with van der Waals surface area (Å²) in [6.45, 7) is 2.27. The van der Waals surface area contributed by atoms with Crippen molar-refractivity contribution >= 4 is 49.6 Å². The number of sulfonamides is 1. The molecule has 0 radical (unpaired) electrons. The molecule has 3 aromatic rings. The number of fused-ring (bicyclic) bond motifs is 2. The van der Waals surface area contributed by atoms with E-state index in [1.54, 1.807) is 6.92 Å². The van der Waals surface area contributed by atoms with Gasteiger partial charge in [0.25, 0.3) is 0 Å². The number of halogens is 2. The minimum atomic E-state index is -3.32. The summed E-state index contributed by atoms with van der Waals surface area (Å²) in [4.78, 5) is 13.3. The summed E-state index contributed by atoms with van der Waals surface area (Å²) in [5, 5.41) is 0. The van der Waals surface area contributed by atoms with Crippen LogP contribution in [-0.4, -0.2) is 40.7 Å². The molecule has 0 spiro atoms. The summed E-state index contributed by atoms with van der Waals surface area (Å²) in [6, 6.07) is 3.97. The predicted molar refractivity (Wildman–Crippen MR) is 121 cm³/mol. The van der Waals surface area contributed by atoms with E-state index in [0.717, 1.165) is 32.9 Å². The van der Waals surface area contributed by atoms with Crippen LogP contribution in [0.25, 0.3) is 11.2 Å². The Kier molecular flexibility index (Phi) is 5.70. The van der Waals surface area contributed by atoms with Crippen molar-refractivity contribution < 1.29 is 12.8 Å². The first-order chi connectivity index (χ1) is 14.1. The summed E-state index contributed by atoms with van der Waals surface area (Å²) in [5.41, 5.74) is 9.89. The maximum Gasteiger partial charge on any atom is 0.208 e. The van der Waals surface area contributed by atoms with Crippen LogP contribution < -0.4 is 10.5 Å². The summed E-state index contributed by atoms with van der Waals surface area (Å²) in [5.74, 6) is 1.47. The Morgan fingerprint density at radius 1 is 1.33 bits per heavy atom. The molecule has 0 fully saturated rings. The van der Waals surface area contributed by atoms with Gasteiger partial charge in [0.1, 0.15) is 17.8 Å². The topological polar surface area (TPSA) is 116 Å². The second-order valence-corrected chi connectivity index (χ2v) is 10.5. The molecule has 0 saturated heterocycles. The predicted octanol–water partition coefficient (Wildman–Crippen LogP) is 2.42. The number of benzene rings is 1. The zero-order valence-corrected chi connectivity index (χ0v) is 19.6. The number of alkyl halides is 1. The lowest BCUT2D eigenvalue weighted by atomic mass is 10.0. The smallest absolute Gasteiger partial charge is 0.208 e. The first kappa shape index (κ1) is 21.4. The van der Waals surface area contributed by atoms with Crippen LogP contribution in [-0.2, 0) is 29.4 Å². The Morgan fingerprint density at radius 3 is 2.83 bits per heavy atom. The van der Waals surface area contributed by atoms with E-state index in [9.17, 15) is 12.8 Å². The minimum absolute atomic E-state index is 0.189. The van der Waals surface area contributed by atoms with E-state index in [-0.39, 0.29) is 12.4 Å². The van der Waals surface area contributed by atoms with Gasteiger partial charge in [-0.3, -0.25) is 0 Å². The van der Waals surface area contributed by atoms with Crippen molar-refractivity contribution in [2.75, 3.05) is 18.5 Å². The molecule has 2 heterocycles. The number of aromatic nitrogens is 4. The van der Waals surface area contributed by atoms with E-state index in [1.807, 2.05) is 16.7 Å². The van der Waals surface area contributed by atoms with Gasteiger partial charge in [-0.1, -0.05) is 6.07 Å². The quantitative estimate of drug-likeness (QED) is 0.461. The molecule has 1 aliphatic rings. The number of imidazole rings is 1. The highest BCUT2D eigenvalue weighted by Crippen LogP contribution is 2.36. The molecule has 0 aliphatic heterocycles. The molecule has 30 heavy (non-hydrogen) atoms. The van der Waals surface area contributed by atoms with Crippen molar-refractivity contribution in [1.82, 2.24) is 24.2 Å². The molecule has 160 valence electrons. The normalized spacial score (nSPS) is 16.3. The number of hydrogen-bond acceptors (Lipinski definition) is 6. The lowest BCUT2D eigenvalue weighted by molar-refractivity contribution is 0.343. The monoisotopic (exact) mass is 544 g/mol. The molecule has 0 amide bonds. The van der Waals surface area contributed by atoms with Crippen LogP contribution in [0, 0.1) is 10.5 Å². The van der Waals surface area contributed by atoms with E-state index >= 15 is 0 Å². The van der Waals surface area contributed by atoms with E-state index in [0.29, 0.717) is 42.2 Å². The number of rotatable bonds is 6. The van der Waals surface area contributed by atoms with Gasteiger partial charge in [-0.2, -0.15) is 0 Å². The maximum absolute atomic E-state index is 14.3. The number of nitrogens with zero attached hydrogens (tertiary/aromatic N) is 4. The fourth-order valence-electron chi connectivity index (χ4n) is 3.82. The molecule has 2 aromatic heterocycles. The van der Waals surface area contributed by atoms with E-state index in [4.69, 9.17) is 5.73 Å². The lowest BCUT2D eigenvalue weighted by Gasteiger charge is -2.12. The van der Waals surface area contributed by atoms with Crippen LogP contribution in [0.4, 0.5) is 10.2 Å². The Balaban J connectivity index is 1.75. The first-order valence-corrected chi connectivity index (χ1v) is 12.5. The molecular formula is C19H22FIN6O2S. The molecule has 1 atom stereocenters. The third-order valence-corrected chi connectivity index (χ3v) is 6.91. The average Bonchev–Trinajstić information content (AvgIpc) is 3.16. The van der Waals surface area contributed by atoms with Crippen molar-refractivity contribution in [2.45, 2.75) is 38.9 Å². The van der Waals surface area contributed by atoms with Gasteiger partial charge in [-0.15, -0.1) is 0 Å². The second kappa shape index (κ2) is 8.00. The number of anilines is 1. The Morgan fingerprint density at radius 2 is 2.10 bits per heavy atom. The number of nitrogens with one attached hydrogen (secondary N) is 1. The lowest BCUT2D eigenvalue weighted by Crippen LogP contribution is -2.26. The highest BCUT2D eigenvalue weighted by molar-refractivity contribution is 14.1. The molecule has 11 heteroatoms. The summed E-state index contributed by atoms with van der Waals surface area (Å²) in [7, 11) is -3.32. The Bertz CT molecular complexity index is 1240. The fourth-order valence-corrected chi connectivity index (χ4v) is 5.01. The van der Waals surface area contributed by atoms with E-state index in [1.165, 1.54) is 0 Å². The van der Waals surface area contributed by atoms with Gasteiger partial charge in [0.2, 0.25) is 10.0 Å². The second-order valence-electron chi connectivity index (χ2n) is 7.50. The Hall–Kier alpha value is -1.86. The number of nitrogens with two attached hydrogens (primary N) is 1. The van der Waals surface area contributed by atoms with Crippen LogP contribution in [0.5, 0.6) is 0 Å². The molecule has 8 nitrogen and oxygen atoms in total. The molecule has 0 bridgehead atoms. The number of hydrogen-bond donors (Lipinski definition) is 2. The number of aryl methyl sites for hydroxylation is 2. The van der Waals surface area contributed by atoms with Crippen LogP contribution in [0.15, 0.2) is 12.1 Å². The van der Waals surface area contributed by atoms with Gasteiger partial charge in [0.15, 0.2) is 17.0 Å². The van der Waals surface area contributed by atoms with Gasteiger partial charge in [-0.25, -0.2) is 32.5 Å². The van der Waals surface area contributed by atoms with E-state index in [2.05, 4.69) is 42.3 Å². The Labute approximate surface area is 187 Å². The maximum atomic E-state index is 14.3. The van der Waals surface area contributed by atoms with E-state index < -0.39 is 16.2 Å². The molecule has 0 saturated carbocycles. The van der Waals surface area contributed by atoms with Gasteiger partial charge < -0.3 is 10.3 Å². The van der Waals surface area contributed by atoms with Crippen molar-refractivity contribution in [2.24, 2.45) is 0 Å². The van der Waals surface area contributed by atoms with Crippen LogP contribution >= 0.6 is 22.6 Å². The van der Waals surface area contributed by atoms with Crippen LogP contribution in [0.2, 0.25) is 0 Å². The standard InChI is InChI=1S/C19H22FIN6O2S/c1-10-24-18(22)17-19(25-10)27(6-5-23-30(2,28)29)16(26-17)9-12-7-13-11(8-15(12)21)3-4-14(13)20/h7-8,14,23H,3-6,9H2,1-2H3,(H2,22,24,25). The van der Waals surface area contributed by atoms with Gasteiger partial charge in [0, 0.05) is 23.1 Å². The van der Waals surface area contributed by atoms with Gasteiger partial charge >= 0.3 is 0 Å². The summed E-state index contributed by atoms with van der Waals surface area (Å²) in [6.07, 6.45) is 1.91. The SMILES string of the molecule is Cc1nc(N)c2nc(Cc3cc4c(cc3I)CCC4F)n(CCNS(C)(=O)=O)c2n1. The highest BCUT2D eigenvalue weighted by atomic mass is 127. The molecule has 3 N–H and O–H groups in total. The zero-order chi connectivity index (χ0) is 21.6. The molecular weight excluding hydrogens is 522 g/mol. The van der Waals surface area contributed by atoms with Gasteiger partial charge in [0.05, 0.1) is 6.26 Å². The molecule has 1 aromatic carbocycles. The van der Waals surface area contributed by atoms with Gasteiger partial charge in [-0.05, 0) is 65.1 Å². The molecule has 1 unspecified atom stereocenters. The van der Waals surface area contributed by atoms with Crippen LogP contribution in [0.3, 0.4) is 0 Å². The third-order valence-electron chi connectivity index (χ3n) is 5.17. The largest absolute Gasteiger partial charge is 0.382 e.